The van der Waals surface area contributed by atoms with Gasteiger partial charge in [0.05, 0.1) is 20.6 Å². The highest BCUT2D eigenvalue weighted by Gasteiger charge is 2.34. The van der Waals surface area contributed by atoms with E-state index in [1.54, 1.807) is 14.2 Å². The number of benzene rings is 3. The fraction of sp³-hybridized carbons (Fsp3) is 0.321. The summed E-state index contributed by atoms with van der Waals surface area (Å²) in [6.07, 6.45) is 3.55. The number of carbonyl (C=O) groups is 1. The van der Waals surface area contributed by atoms with Gasteiger partial charge < -0.3 is 14.4 Å². The number of hydrogen-bond acceptors (Lipinski definition) is 3. The topological polar surface area (TPSA) is 38.8 Å². The number of hydrogen-bond donors (Lipinski definition) is 0. The monoisotopic (exact) mass is 429 g/mol. The number of rotatable bonds is 7. The van der Waals surface area contributed by atoms with Crippen LogP contribution in [0.4, 0.5) is 0 Å². The van der Waals surface area contributed by atoms with Gasteiger partial charge in [0, 0.05) is 18.5 Å². The molecular weight excluding hydrogens is 398 g/mol. The highest BCUT2D eigenvalue weighted by atomic mass is 16.5. The number of likely N-dealkylation sites (tertiary alicyclic amines) is 1. The molecule has 4 nitrogen and oxygen atoms in total. The summed E-state index contributed by atoms with van der Waals surface area (Å²) in [4.78, 5) is 15.7. The zero-order chi connectivity index (χ0) is 22.3. The van der Waals surface area contributed by atoms with Gasteiger partial charge in [-0.2, -0.15) is 0 Å². The SMILES string of the molecule is COc1ccc(CC(=O)N2CCCCC2C(c2ccccc2)c2ccccc2)cc1OC. The minimum Gasteiger partial charge on any atom is -0.493 e. The third-order valence-corrected chi connectivity index (χ3v) is 6.38. The van der Waals surface area contributed by atoms with Gasteiger partial charge in [-0.15, -0.1) is 0 Å². The molecule has 32 heavy (non-hydrogen) atoms. The van der Waals surface area contributed by atoms with E-state index in [0.717, 1.165) is 31.4 Å². The van der Waals surface area contributed by atoms with Crippen molar-refractivity contribution in [1.29, 1.82) is 0 Å². The summed E-state index contributed by atoms with van der Waals surface area (Å²) in [7, 11) is 3.24. The first-order chi connectivity index (χ1) is 15.7. The summed E-state index contributed by atoms with van der Waals surface area (Å²) in [5.41, 5.74) is 3.46. The third-order valence-electron chi connectivity index (χ3n) is 6.38. The molecule has 4 heteroatoms. The van der Waals surface area contributed by atoms with Gasteiger partial charge in [-0.1, -0.05) is 66.7 Å². The van der Waals surface area contributed by atoms with E-state index in [9.17, 15) is 4.79 Å². The molecule has 1 amide bonds. The van der Waals surface area contributed by atoms with E-state index in [4.69, 9.17) is 9.47 Å². The molecule has 1 unspecified atom stereocenters. The average Bonchev–Trinajstić information content (AvgIpc) is 2.85. The zero-order valence-corrected chi connectivity index (χ0v) is 18.9. The van der Waals surface area contributed by atoms with Gasteiger partial charge in [0.2, 0.25) is 5.91 Å². The standard InChI is InChI=1S/C28H31NO3/c1-31-25-17-16-21(19-26(25)32-2)20-27(30)29-18-10-9-15-24(29)28(22-11-5-3-6-12-22)23-13-7-4-8-14-23/h3-8,11-14,16-17,19,24,28H,9-10,15,18,20H2,1-2H3. The zero-order valence-electron chi connectivity index (χ0n) is 18.9. The van der Waals surface area contributed by atoms with Gasteiger partial charge >= 0.3 is 0 Å². The second-order valence-corrected chi connectivity index (χ2v) is 8.32. The molecule has 1 atom stereocenters. The van der Waals surface area contributed by atoms with Gasteiger partial charge in [-0.25, -0.2) is 0 Å². The van der Waals surface area contributed by atoms with Crippen LogP contribution in [-0.2, 0) is 11.2 Å². The molecule has 0 aliphatic carbocycles. The maximum absolute atomic E-state index is 13.6. The summed E-state index contributed by atoms with van der Waals surface area (Å²) < 4.78 is 10.8. The molecule has 0 N–H and O–H groups in total. The summed E-state index contributed by atoms with van der Waals surface area (Å²) >= 11 is 0. The van der Waals surface area contributed by atoms with Crippen LogP contribution < -0.4 is 9.47 Å². The van der Waals surface area contributed by atoms with Crippen LogP contribution in [0, 0.1) is 0 Å². The van der Waals surface area contributed by atoms with E-state index in [0.29, 0.717) is 17.9 Å². The maximum Gasteiger partial charge on any atom is 0.227 e. The molecule has 166 valence electrons. The van der Waals surface area contributed by atoms with E-state index in [1.807, 2.05) is 30.3 Å². The quantitative estimate of drug-likeness (QED) is 0.501. The van der Waals surface area contributed by atoms with E-state index < -0.39 is 0 Å². The average molecular weight is 430 g/mol. The Hall–Kier alpha value is -3.27. The van der Waals surface area contributed by atoms with Crippen molar-refractivity contribution in [2.75, 3.05) is 20.8 Å². The summed E-state index contributed by atoms with van der Waals surface area (Å²) in [6.45, 7) is 0.799. The lowest BCUT2D eigenvalue weighted by Crippen LogP contribution is -2.47. The molecule has 3 aromatic rings. The molecule has 0 spiro atoms. The number of nitrogens with zero attached hydrogens (tertiary/aromatic N) is 1. The lowest BCUT2D eigenvalue weighted by Gasteiger charge is -2.41. The van der Waals surface area contributed by atoms with Crippen molar-refractivity contribution < 1.29 is 14.3 Å². The van der Waals surface area contributed by atoms with Gasteiger partial charge in [0.25, 0.3) is 0 Å². The molecule has 0 aromatic heterocycles. The Kier molecular flexibility index (Phi) is 7.10. The predicted molar refractivity (Wildman–Crippen MR) is 127 cm³/mol. The van der Waals surface area contributed by atoms with Crippen LogP contribution in [0.3, 0.4) is 0 Å². The van der Waals surface area contributed by atoms with Crippen molar-refractivity contribution in [3.63, 3.8) is 0 Å². The molecule has 0 radical (unpaired) electrons. The first kappa shape index (κ1) is 21.9. The normalized spacial score (nSPS) is 16.1. The second-order valence-electron chi connectivity index (χ2n) is 8.32. The van der Waals surface area contributed by atoms with E-state index in [1.165, 1.54) is 11.1 Å². The molecular formula is C28H31NO3. The van der Waals surface area contributed by atoms with Crippen LogP contribution >= 0.6 is 0 Å². The van der Waals surface area contributed by atoms with Crippen molar-refractivity contribution >= 4 is 5.91 Å². The molecule has 1 saturated heterocycles. The van der Waals surface area contributed by atoms with Crippen LogP contribution in [0.5, 0.6) is 11.5 Å². The molecule has 1 heterocycles. The van der Waals surface area contributed by atoms with E-state index in [2.05, 4.69) is 53.4 Å². The Balaban J connectivity index is 1.63. The van der Waals surface area contributed by atoms with Gasteiger partial charge in [0.15, 0.2) is 11.5 Å². The minimum absolute atomic E-state index is 0.140. The first-order valence-electron chi connectivity index (χ1n) is 11.3. The van der Waals surface area contributed by atoms with Crippen molar-refractivity contribution in [1.82, 2.24) is 4.90 Å². The molecule has 0 saturated carbocycles. The molecule has 1 aliphatic heterocycles. The fourth-order valence-electron chi connectivity index (χ4n) is 4.84. The number of piperidine rings is 1. The largest absolute Gasteiger partial charge is 0.493 e. The molecule has 1 fully saturated rings. The summed E-state index contributed by atoms with van der Waals surface area (Å²) in [5, 5.41) is 0. The van der Waals surface area contributed by atoms with Gasteiger partial charge in [-0.3, -0.25) is 4.79 Å². The Labute approximate surface area is 190 Å². The first-order valence-corrected chi connectivity index (χ1v) is 11.3. The Morgan fingerprint density at radius 3 is 2.09 bits per heavy atom. The molecule has 1 aliphatic rings. The van der Waals surface area contributed by atoms with Crippen LogP contribution in [0.2, 0.25) is 0 Å². The maximum atomic E-state index is 13.6. The molecule has 0 bridgehead atoms. The van der Waals surface area contributed by atoms with Crippen LogP contribution in [0.15, 0.2) is 78.9 Å². The van der Waals surface area contributed by atoms with Crippen LogP contribution in [0.1, 0.15) is 41.9 Å². The molecule has 3 aromatic carbocycles. The minimum atomic E-state index is 0.140. The number of methoxy groups -OCH3 is 2. The second kappa shape index (κ2) is 10.4. The highest BCUT2D eigenvalue weighted by Crippen LogP contribution is 2.36. The Morgan fingerprint density at radius 2 is 1.50 bits per heavy atom. The Morgan fingerprint density at radius 1 is 0.875 bits per heavy atom. The fourth-order valence-corrected chi connectivity index (χ4v) is 4.84. The number of ether oxygens (including phenoxy) is 2. The van der Waals surface area contributed by atoms with Gasteiger partial charge in [0.1, 0.15) is 0 Å². The number of carbonyl (C=O) groups excluding carboxylic acids is 1. The van der Waals surface area contributed by atoms with Crippen molar-refractivity contribution in [3.8, 4) is 11.5 Å². The van der Waals surface area contributed by atoms with E-state index in [-0.39, 0.29) is 17.9 Å². The van der Waals surface area contributed by atoms with Crippen molar-refractivity contribution in [2.24, 2.45) is 0 Å². The van der Waals surface area contributed by atoms with Crippen molar-refractivity contribution in [2.45, 2.75) is 37.6 Å². The summed E-state index contributed by atoms with van der Waals surface area (Å²) in [5.74, 6) is 1.65. The lowest BCUT2D eigenvalue weighted by molar-refractivity contribution is -0.134. The molecule has 4 rings (SSSR count). The van der Waals surface area contributed by atoms with Gasteiger partial charge in [-0.05, 0) is 48.1 Å². The van der Waals surface area contributed by atoms with Crippen molar-refractivity contribution in [3.05, 3.63) is 95.6 Å². The van der Waals surface area contributed by atoms with Crippen LogP contribution in [-0.4, -0.2) is 37.6 Å². The predicted octanol–water partition coefficient (Wildman–Crippen LogP) is 5.46. The number of amides is 1. The smallest absolute Gasteiger partial charge is 0.227 e. The summed E-state index contributed by atoms with van der Waals surface area (Å²) in [6, 6.07) is 27.0. The lowest BCUT2D eigenvalue weighted by atomic mass is 9.80. The highest BCUT2D eigenvalue weighted by molar-refractivity contribution is 5.79. The third kappa shape index (κ3) is 4.80. The van der Waals surface area contributed by atoms with E-state index >= 15 is 0 Å². The van der Waals surface area contributed by atoms with Crippen LogP contribution in [0.25, 0.3) is 0 Å². The Bertz CT molecular complexity index is 980.